The number of nitrogens with two attached hydrogens (primary N) is 1. The minimum absolute atomic E-state index is 0.0478. The lowest BCUT2D eigenvalue weighted by atomic mass is 9.83. The summed E-state index contributed by atoms with van der Waals surface area (Å²) in [6, 6.07) is 7.54. The van der Waals surface area contributed by atoms with Gasteiger partial charge < -0.3 is 15.2 Å². The quantitative estimate of drug-likeness (QED) is 0.842. The molecular weight excluding hydrogens is 275 g/mol. The summed E-state index contributed by atoms with van der Waals surface area (Å²) in [5.41, 5.74) is 6.31. The Kier molecular flexibility index (Phi) is 3.94. The molecule has 2 N–H and O–H groups in total. The van der Waals surface area contributed by atoms with Crippen LogP contribution in [0.2, 0.25) is 0 Å². The van der Waals surface area contributed by atoms with Crippen molar-refractivity contribution in [2.75, 3.05) is 7.11 Å². The van der Waals surface area contributed by atoms with E-state index in [9.17, 15) is 14.4 Å². The van der Waals surface area contributed by atoms with E-state index < -0.39 is 17.7 Å². The van der Waals surface area contributed by atoms with Gasteiger partial charge in [0.15, 0.2) is 0 Å². The smallest absolute Gasteiger partial charge is 0.338 e. The molecule has 0 aliphatic carbocycles. The van der Waals surface area contributed by atoms with Gasteiger partial charge in [-0.2, -0.15) is 5.26 Å². The molecule has 1 aliphatic heterocycles. The van der Waals surface area contributed by atoms with E-state index in [1.807, 2.05) is 6.07 Å². The third-order valence-corrected chi connectivity index (χ3v) is 3.19. The maximum absolute atomic E-state index is 13.5. The summed E-state index contributed by atoms with van der Waals surface area (Å²) >= 11 is 0. The Labute approximate surface area is 121 Å². The predicted molar refractivity (Wildman–Crippen MR) is 71.8 cm³/mol. The summed E-state index contributed by atoms with van der Waals surface area (Å²) in [5.74, 6) is -1.81. The Morgan fingerprint density at radius 1 is 1.52 bits per heavy atom. The van der Waals surface area contributed by atoms with Crippen LogP contribution in [0.3, 0.4) is 0 Å². The Balaban J connectivity index is 2.66. The van der Waals surface area contributed by atoms with Gasteiger partial charge in [0, 0.05) is 0 Å². The van der Waals surface area contributed by atoms with Crippen molar-refractivity contribution in [2.45, 2.75) is 12.8 Å². The third-order valence-electron chi connectivity index (χ3n) is 3.19. The molecule has 0 spiro atoms. The van der Waals surface area contributed by atoms with E-state index in [4.69, 9.17) is 15.2 Å². The second kappa shape index (κ2) is 5.67. The zero-order valence-corrected chi connectivity index (χ0v) is 11.5. The van der Waals surface area contributed by atoms with Crippen LogP contribution in [0.15, 0.2) is 47.1 Å². The van der Waals surface area contributed by atoms with Crippen molar-refractivity contribution in [1.29, 1.82) is 5.26 Å². The number of carbonyl (C=O) groups is 1. The number of esters is 1. The van der Waals surface area contributed by atoms with Crippen LogP contribution in [0.1, 0.15) is 18.4 Å². The molecule has 0 aromatic heterocycles. The predicted octanol–water partition coefficient (Wildman–Crippen LogP) is 2.08. The van der Waals surface area contributed by atoms with Crippen molar-refractivity contribution in [3.63, 3.8) is 0 Å². The molecule has 1 unspecified atom stereocenters. The first-order valence-corrected chi connectivity index (χ1v) is 6.11. The maximum Gasteiger partial charge on any atom is 0.338 e. The molecule has 108 valence electrons. The van der Waals surface area contributed by atoms with E-state index in [0.29, 0.717) is 5.56 Å². The Morgan fingerprint density at radius 3 is 2.81 bits per heavy atom. The summed E-state index contributed by atoms with van der Waals surface area (Å²) in [7, 11) is 1.22. The highest BCUT2D eigenvalue weighted by atomic mass is 19.1. The van der Waals surface area contributed by atoms with Gasteiger partial charge in [0.1, 0.15) is 23.2 Å². The normalized spacial score (nSPS) is 18.1. The minimum atomic E-state index is -0.813. The van der Waals surface area contributed by atoms with Crippen LogP contribution in [0.5, 0.6) is 0 Å². The SMILES string of the molecule is COC(=O)C1=C(C)OC(N)=C(C#N)C1c1cccc(F)c1. The first kappa shape index (κ1) is 14.6. The Hall–Kier alpha value is -2.81. The summed E-state index contributed by atoms with van der Waals surface area (Å²) in [5, 5.41) is 9.28. The van der Waals surface area contributed by atoms with Gasteiger partial charge in [0.2, 0.25) is 5.88 Å². The summed E-state index contributed by atoms with van der Waals surface area (Å²) < 4.78 is 23.4. The van der Waals surface area contributed by atoms with Gasteiger partial charge in [-0.05, 0) is 24.6 Å². The molecule has 1 atom stereocenters. The first-order valence-electron chi connectivity index (χ1n) is 6.11. The fourth-order valence-corrected chi connectivity index (χ4v) is 2.28. The van der Waals surface area contributed by atoms with Gasteiger partial charge in [-0.1, -0.05) is 12.1 Å². The molecule has 2 rings (SSSR count). The molecule has 1 aromatic carbocycles. The molecule has 0 fully saturated rings. The molecule has 0 saturated heterocycles. The van der Waals surface area contributed by atoms with E-state index in [0.717, 1.165) is 0 Å². The molecular formula is C15H13FN2O3. The van der Waals surface area contributed by atoms with Crippen LogP contribution in [-0.4, -0.2) is 13.1 Å². The molecule has 5 nitrogen and oxygen atoms in total. The van der Waals surface area contributed by atoms with Gasteiger partial charge in [-0.3, -0.25) is 0 Å². The molecule has 0 radical (unpaired) electrons. The van der Waals surface area contributed by atoms with Crippen LogP contribution in [0, 0.1) is 17.1 Å². The average molecular weight is 288 g/mol. The van der Waals surface area contributed by atoms with E-state index >= 15 is 0 Å². The number of ether oxygens (including phenoxy) is 2. The first-order chi connectivity index (χ1) is 9.99. The van der Waals surface area contributed by atoms with Crippen LogP contribution < -0.4 is 5.73 Å². The topological polar surface area (TPSA) is 85.3 Å². The van der Waals surface area contributed by atoms with Gasteiger partial charge in [0.25, 0.3) is 0 Å². The second-order valence-electron chi connectivity index (χ2n) is 4.44. The molecule has 1 heterocycles. The molecule has 1 aliphatic rings. The van der Waals surface area contributed by atoms with Crippen molar-refractivity contribution >= 4 is 5.97 Å². The second-order valence-corrected chi connectivity index (χ2v) is 4.44. The zero-order valence-electron chi connectivity index (χ0n) is 11.5. The number of halogens is 1. The van der Waals surface area contributed by atoms with E-state index in [1.54, 1.807) is 13.0 Å². The lowest BCUT2D eigenvalue weighted by molar-refractivity contribution is -0.136. The fourth-order valence-electron chi connectivity index (χ4n) is 2.28. The number of hydrogen-bond donors (Lipinski definition) is 1. The number of methoxy groups -OCH3 is 1. The van der Waals surface area contributed by atoms with Crippen molar-refractivity contribution in [3.8, 4) is 6.07 Å². The van der Waals surface area contributed by atoms with E-state index in [-0.39, 0.29) is 22.8 Å². The number of nitriles is 1. The minimum Gasteiger partial charge on any atom is -0.466 e. The van der Waals surface area contributed by atoms with Crippen molar-refractivity contribution < 1.29 is 18.7 Å². The number of rotatable bonds is 2. The van der Waals surface area contributed by atoms with E-state index in [1.165, 1.54) is 25.3 Å². The third kappa shape index (κ3) is 2.58. The van der Waals surface area contributed by atoms with Gasteiger partial charge >= 0.3 is 5.97 Å². The van der Waals surface area contributed by atoms with Crippen LogP contribution in [0.4, 0.5) is 4.39 Å². The Bertz CT molecular complexity index is 701. The number of benzene rings is 1. The number of carbonyl (C=O) groups excluding carboxylic acids is 1. The maximum atomic E-state index is 13.5. The summed E-state index contributed by atoms with van der Waals surface area (Å²) in [6.07, 6.45) is 0. The summed E-state index contributed by atoms with van der Waals surface area (Å²) in [4.78, 5) is 12.0. The monoisotopic (exact) mass is 288 g/mol. The van der Waals surface area contributed by atoms with Gasteiger partial charge in [-0.25, -0.2) is 9.18 Å². The van der Waals surface area contributed by atoms with Crippen molar-refractivity contribution in [3.05, 3.63) is 58.4 Å². The lowest BCUT2D eigenvalue weighted by Gasteiger charge is -2.26. The Morgan fingerprint density at radius 2 is 2.24 bits per heavy atom. The largest absolute Gasteiger partial charge is 0.466 e. The molecule has 1 aromatic rings. The van der Waals surface area contributed by atoms with Gasteiger partial charge in [-0.15, -0.1) is 0 Å². The highest BCUT2D eigenvalue weighted by Crippen LogP contribution is 2.39. The van der Waals surface area contributed by atoms with Crippen LogP contribution >= 0.6 is 0 Å². The van der Waals surface area contributed by atoms with Crippen molar-refractivity contribution in [1.82, 2.24) is 0 Å². The van der Waals surface area contributed by atoms with E-state index in [2.05, 4.69) is 0 Å². The highest BCUT2D eigenvalue weighted by Gasteiger charge is 2.36. The lowest BCUT2D eigenvalue weighted by Crippen LogP contribution is -2.25. The van der Waals surface area contributed by atoms with Crippen LogP contribution in [0.25, 0.3) is 0 Å². The zero-order chi connectivity index (χ0) is 15.6. The standard InChI is InChI=1S/C15H13FN2O3/c1-8-12(15(19)20-2)13(11(7-17)14(18)21-8)9-4-3-5-10(16)6-9/h3-6,13H,18H2,1-2H3. The van der Waals surface area contributed by atoms with Crippen molar-refractivity contribution in [2.24, 2.45) is 5.73 Å². The average Bonchev–Trinajstić information content (AvgIpc) is 2.45. The van der Waals surface area contributed by atoms with Crippen LogP contribution in [-0.2, 0) is 14.3 Å². The molecule has 6 heteroatoms. The number of hydrogen-bond acceptors (Lipinski definition) is 5. The molecule has 0 bridgehead atoms. The fraction of sp³-hybridized carbons (Fsp3) is 0.200. The molecule has 0 saturated carbocycles. The highest BCUT2D eigenvalue weighted by molar-refractivity contribution is 5.92. The summed E-state index contributed by atoms with van der Waals surface area (Å²) in [6.45, 7) is 1.54. The number of nitrogens with zero attached hydrogens (tertiary/aromatic N) is 1. The number of allylic oxidation sites excluding steroid dienone is 2. The molecule has 21 heavy (non-hydrogen) atoms. The molecule has 0 amide bonds. The van der Waals surface area contributed by atoms with Gasteiger partial charge in [0.05, 0.1) is 18.6 Å².